The highest BCUT2D eigenvalue weighted by Crippen LogP contribution is 2.34. The predicted octanol–water partition coefficient (Wildman–Crippen LogP) is 2.27. The highest BCUT2D eigenvalue weighted by Gasteiger charge is 2.35. The van der Waals surface area contributed by atoms with Crippen molar-refractivity contribution >= 4 is 29.2 Å². The van der Waals surface area contributed by atoms with Crippen LogP contribution in [0.1, 0.15) is 24.2 Å². The molecule has 1 aliphatic rings. The molecule has 0 radical (unpaired) electrons. The summed E-state index contributed by atoms with van der Waals surface area (Å²) in [5.74, 6) is 0.0734. The first-order valence-electron chi connectivity index (χ1n) is 8.45. The fourth-order valence-corrected chi connectivity index (χ4v) is 2.54. The number of nitrogens with one attached hydrogen (secondary N) is 4. The maximum Gasteiger partial charge on any atom is 0.338 e. The average Bonchev–Trinajstić information content (AvgIpc) is 2.67. The van der Waals surface area contributed by atoms with Crippen molar-refractivity contribution < 1.29 is 23.9 Å². The standard InChI is InChI=1S/C19H20N4O5/c1-19(2)17(25)20-13-10-11(8-9-15(13)28-19)16(24)22-23-18(26)21-12-6-4-5-7-14(12)27-3/h4-10H,1-3H3,(H,20,25)(H,22,24)(H2,21,23,26). The van der Waals surface area contributed by atoms with Crippen LogP contribution < -0.4 is 31.0 Å². The number of hydrogen-bond donors (Lipinski definition) is 4. The third kappa shape index (κ3) is 3.98. The summed E-state index contributed by atoms with van der Waals surface area (Å²) < 4.78 is 10.8. The van der Waals surface area contributed by atoms with Gasteiger partial charge >= 0.3 is 6.03 Å². The van der Waals surface area contributed by atoms with Crippen LogP contribution in [-0.2, 0) is 4.79 Å². The number of anilines is 2. The number of ether oxygens (including phenoxy) is 2. The van der Waals surface area contributed by atoms with Crippen molar-refractivity contribution in [2.45, 2.75) is 19.4 Å². The summed E-state index contributed by atoms with van der Waals surface area (Å²) in [6, 6.07) is 10.8. The summed E-state index contributed by atoms with van der Waals surface area (Å²) in [7, 11) is 1.49. The molecule has 28 heavy (non-hydrogen) atoms. The van der Waals surface area contributed by atoms with Crippen molar-refractivity contribution in [2.24, 2.45) is 0 Å². The number of para-hydroxylation sites is 2. The van der Waals surface area contributed by atoms with Crippen LogP contribution in [0, 0.1) is 0 Å². The van der Waals surface area contributed by atoms with Crippen LogP contribution in [0.4, 0.5) is 16.2 Å². The minimum atomic E-state index is -0.991. The normalized spacial score (nSPS) is 14.0. The van der Waals surface area contributed by atoms with Gasteiger partial charge in [0.2, 0.25) is 0 Å². The molecule has 9 heteroatoms. The number of carbonyl (C=O) groups excluding carboxylic acids is 3. The van der Waals surface area contributed by atoms with Gasteiger partial charge in [0.05, 0.1) is 18.5 Å². The maximum absolute atomic E-state index is 12.3. The van der Waals surface area contributed by atoms with Crippen LogP contribution in [0.3, 0.4) is 0 Å². The van der Waals surface area contributed by atoms with E-state index >= 15 is 0 Å². The van der Waals surface area contributed by atoms with Gasteiger partial charge in [0, 0.05) is 5.56 Å². The number of methoxy groups -OCH3 is 1. The summed E-state index contributed by atoms with van der Waals surface area (Å²) in [6.07, 6.45) is 0. The van der Waals surface area contributed by atoms with E-state index in [1.165, 1.54) is 19.2 Å². The molecule has 146 valence electrons. The molecule has 1 aliphatic heterocycles. The molecule has 4 amide bonds. The molecule has 0 spiro atoms. The second-order valence-corrected chi connectivity index (χ2v) is 6.51. The van der Waals surface area contributed by atoms with Crippen molar-refractivity contribution in [3.8, 4) is 11.5 Å². The van der Waals surface area contributed by atoms with E-state index in [1.807, 2.05) is 0 Å². The predicted molar refractivity (Wildman–Crippen MR) is 102 cm³/mol. The number of hydrazine groups is 1. The zero-order valence-corrected chi connectivity index (χ0v) is 15.6. The Labute approximate surface area is 161 Å². The minimum absolute atomic E-state index is 0.236. The Hall–Kier alpha value is -3.75. The van der Waals surface area contributed by atoms with Gasteiger partial charge in [0.15, 0.2) is 5.60 Å². The van der Waals surface area contributed by atoms with Crippen LogP contribution in [0.5, 0.6) is 11.5 Å². The third-order valence-electron chi connectivity index (χ3n) is 4.05. The first-order chi connectivity index (χ1) is 13.3. The largest absolute Gasteiger partial charge is 0.495 e. The molecular formula is C19H20N4O5. The number of fused-ring (bicyclic) bond motifs is 1. The number of urea groups is 1. The molecule has 0 aromatic heterocycles. The van der Waals surface area contributed by atoms with Crippen LogP contribution in [0.15, 0.2) is 42.5 Å². The van der Waals surface area contributed by atoms with Gasteiger partial charge in [0.25, 0.3) is 11.8 Å². The second kappa shape index (κ2) is 7.47. The lowest BCUT2D eigenvalue weighted by Gasteiger charge is -2.31. The molecule has 1 heterocycles. The van der Waals surface area contributed by atoms with Crippen molar-refractivity contribution in [3.63, 3.8) is 0 Å². The lowest BCUT2D eigenvalue weighted by atomic mass is 10.0. The summed E-state index contributed by atoms with van der Waals surface area (Å²) >= 11 is 0. The molecule has 0 saturated carbocycles. The fraction of sp³-hybridized carbons (Fsp3) is 0.211. The van der Waals surface area contributed by atoms with Crippen LogP contribution >= 0.6 is 0 Å². The first kappa shape index (κ1) is 19.0. The SMILES string of the molecule is COc1ccccc1NC(=O)NNC(=O)c1ccc2c(c1)NC(=O)C(C)(C)O2. The van der Waals surface area contributed by atoms with Crippen LogP contribution in [0.2, 0.25) is 0 Å². The molecule has 0 fully saturated rings. The molecule has 0 unspecified atom stereocenters. The fourth-order valence-electron chi connectivity index (χ4n) is 2.54. The molecule has 0 aliphatic carbocycles. The van der Waals surface area contributed by atoms with E-state index in [2.05, 4.69) is 21.5 Å². The Morgan fingerprint density at radius 1 is 1.11 bits per heavy atom. The van der Waals surface area contributed by atoms with Crippen molar-refractivity contribution in [3.05, 3.63) is 48.0 Å². The Balaban J connectivity index is 1.62. The molecule has 0 saturated heterocycles. The van der Waals surface area contributed by atoms with Crippen LogP contribution in [-0.4, -0.2) is 30.6 Å². The molecule has 3 rings (SSSR count). The van der Waals surface area contributed by atoms with Gasteiger partial charge in [-0.05, 0) is 44.2 Å². The van der Waals surface area contributed by atoms with Gasteiger partial charge in [-0.15, -0.1) is 0 Å². The highest BCUT2D eigenvalue weighted by molar-refractivity contribution is 6.03. The maximum atomic E-state index is 12.3. The lowest BCUT2D eigenvalue weighted by molar-refractivity contribution is -0.129. The number of carbonyl (C=O) groups is 3. The molecule has 2 aromatic rings. The Kier molecular flexibility index (Phi) is 5.08. The quantitative estimate of drug-likeness (QED) is 0.606. The van der Waals surface area contributed by atoms with E-state index in [0.29, 0.717) is 22.9 Å². The van der Waals surface area contributed by atoms with Crippen molar-refractivity contribution in [1.82, 2.24) is 10.9 Å². The number of amides is 4. The van der Waals surface area contributed by atoms with Gasteiger partial charge in [-0.3, -0.25) is 15.0 Å². The summed E-state index contributed by atoms with van der Waals surface area (Å²) in [5, 5.41) is 5.26. The van der Waals surface area contributed by atoms with E-state index in [0.717, 1.165) is 0 Å². The summed E-state index contributed by atoms with van der Waals surface area (Å²) in [4.78, 5) is 36.3. The molecule has 4 N–H and O–H groups in total. The summed E-state index contributed by atoms with van der Waals surface area (Å²) in [5.41, 5.74) is 4.64. The monoisotopic (exact) mass is 384 g/mol. The summed E-state index contributed by atoms with van der Waals surface area (Å²) in [6.45, 7) is 3.30. The Morgan fingerprint density at radius 3 is 2.61 bits per heavy atom. The molecule has 2 aromatic carbocycles. The lowest BCUT2D eigenvalue weighted by Crippen LogP contribution is -2.46. The smallest absolute Gasteiger partial charge is 0.338 e. The minimum Gasteiger partial charge on any atom is -0.495 e. The molecule has 9 nitrogen and oxygen atoms in total. The van der Waals surface area contributed by atoms with Gasteiger partial charge in [-0.25, -0.2) is 10.2 Å². The molecule has 0 atom stereocenters. The van der Waals surface area contributed by atoms with E-state index in [4.69, 9.17) is 9.47 Å². The van der Waals surface area contributed by atoms with E-state index in [1.54, 1.807) is 44.2 Å². The van der Waals surface area contributed by atoms with E-state index in [-0.39, 0.29) is 11.5 Å². The van der Waals surface area contributed by atoms with Crippen LogP contribution in [0.25, 0.3) is 0 Å². The number of rotatable bonds is 3. The Morgan fingerprint density at radius 2 is 1.86 bits per heavy atom. The zero-order valence-electron chi connectivity index (χ0n) is 15.6. The first-order valence-corrected chi connectivity index (χ1v) is 8.45. The van der Waals surface area contributed by atoms with Gasteiger partial charge in [0.1, 0.15) is 11.5 Å². The van der Waals surface area contributed by atoms with E-state index < -0.39 is 17.5 Å². The average molecular weight is 384 g/mol. The molecule has 0 bridgehead atoms. The zero-order chi connectivity index (χ0) is 20.3. The number of benzene rings is 2. The molecular weight excluding hydrogens is 364 g/mol. The van der Waals surface area contributed by atoms with Gasteiger partial charge < -0.3 is 20.1 Å². The highest BCUT2D eigenvalue weighted by atomic mass is 16.5. The van der Waals surface area contributed by atoms with Gasteiger partial charge in [-0.1, -0.05) is 12.1 Å². The Bertz CT molecular complexity index is 942. The van der Waals surface area contributed by atoms with Crippen molar-refractivity contribution in [1.29, 1.82) is 0 Å². The second-order valence-electron chi connectivity index (χ2n) is 6.51. The van der Waals surface area contributed by atoms with Gasteiger partial charge in [-0.2, -0.15) is 0 Å². The van der Waals surface area contributed by atoms with E-state index in [9.17, 15) is 14.4 Å². The third-order valence-corrected chi connectivity index (χ3v) is 4.05. The van der Waals surface area contributed by atoms with Crippen molar-refractivity contribution in [2.75, 3.05) is 17.7 Å². The topological polar surface area (TPSA) is 118 Å². The number of hydrogen-bond acceptors (Lipinski definition) is 5.